The van der Waals surface area contributed by atoms with E-state index in [-0.39, 0.29) is 26.6 Å². The predicted octanol–water partition coefficient (Wildman–Crippen LogP) is 2.63. The number of rotatable bonds is 4. The van der Waals surface area contributed by atoms with Gasteiger partial charge in [0.25, 0.3) is 10.0 Å². The lowest BCUT2D eigenvalue weighted by atomic mass is 10.3. The van der Waals surface area contributed by atoms with E-state index >= 15 is 0 Å². The van der Waals surface area contributed by atoms with Crippen LogP contribution < -0.4 is 16.0 Å². The molecule has 0 saturated heterocycles. The molecule has 0 aliphatic carbocycles. The first-order valence-corrected chi connectivity index (χ1v) is 8.33. The van der Waals surface area contributed by atoms with Gasteiger partial charge in [0.1, 0.15) is 4.90 Å². The zero-order chi connectivity index (χ0) is 15.6. The van der Waals surface area contributed by atoms with E-state index in [0.29, 0.717) is 4.47 Å². The normalized spacial score (nSPS) is 11.2. The van der Waals surface area contributed by atoms with E-state index in [1.54, 1.807) is 6.07 Å². The lowest BCUT2D eigenvalue weighted by molar-refractivity contribution is 0.600. The van der Waals surface area contributed by atoms with Crippen molar-refractivity contribution < 1.29 is 8.42 Å². The van der Waals surface area contributed by atoms with E-state index in [4.69, 9.17) is 29.0 Å². The number of nitrogen functional groups attached to an aromatic ring is 1. The van der Waals surface area contributed by atoms with Gasteiger partial charge < -0.3 is 0 Å². The monoisotopic (exact) mass is 411 g/mol. The Kier molecular flexibility index (Phi) is 4.89. The third-order valence-corrected chi connectivity index (χ3v) is 5.44. The van der Waals surface area contributed by atoms with Gasteiger partial charge in [-0.3, -0.25) is 10.1 Å². The van der Waals surface area contributed by atoms with E-state index in [0.717, 1.165) is 12.4 Å². The molecule has 1 aromatic carbocycles. The minimum Gasteiger partial charge on any atom is -0.292 e. The summed E-state index contributed by atoms with van der Waals surface area (Å²) in [6.07, 6.45) is 2.22. The highest BCUT2D eigenvalue weighted by Gasteiger charge is 2.18. The van der Waals surface area contributed by atoms with Gasteiger partial charge in [0, 0.05) is 4.47 Å². The fraction of sp³-hybridized carbons (Fsp3) is 0. The summed E-state index contributed by atoms with van der Waals surface area (Å²) in [5.41, 5.74) is 2.34. The van der Waals surface area contributed by atoms with Crippen LogP contribution in [0.3, 0.4) is 0 Å². The van der Waals surface area contributed by atoms with Crippen LogP contribution in [0.25, 0.3) is 0 Å². The third-order valence-electron chi connectivity index (χ3n) is 2.35. The van der Waals surface area contributed by atoms with Crippen LogP contribution in [0.2, 0.25) is 10.0 Å². The van der Waals surface area contributed by atoms with Crippen molar-refractivity contribution in [2.45, 2.75) is 4.90 Å². The van der Waals surface area contributed by atoms with Crippen molar-refractivity contribution in [3.63, 3.8) is 0 Å². The van der Waals surface area contributed by atoms with Gasteiger partial charge in [-0.1, -0.05) is 23.2 Å². The van der Waals surface area contributed by atoms with Crippen molar-refractivity contribution in [3.05, 3.63) is 39.0 Å². The van der Waals surface area contributed by atoms with Crippen LogP contribution in [0.15, 0.2) is 33.9 Å². The van der Waals surface area contributed by atoms with Crippen molar-refractivity contribution in [1.82, 2.24) is 9.97 Å². The molecule has 0 unspecified atom stereocenters. The lowest BCUT2D eigenvalue weighted by Gasteiger charge is -2.11. The second-order valence-corrected chi connectivity index (χ2v) is 7.01. The van der Waals surface area contributed by atoms with Gasteiger partial charge in [0.15, 0.2) is 0 Å². The van der Waals surface area contributed by atoms with Crippen molar-refractivity contribution in [3.8, 4) is 0 Å². The largest absolute Gasteiger partial charge is 0.292 e. The minimum absolute atomic E-state index is 0.0794. The smallest absolute Gasteiger partial charge is 0.265 e. The molecule has 1 heterocycles. The van der Waals surface area contributed by atoms with E-state index in [9.17, 15) is 8.42 Å². The summed E-state index contributed by atoms with van der Waals surface area (Å²) < 4.78 is 27.3. The van der Waals surface area contributed by atoms with Gasteiger partial charge in [-0.2, -0.15) is 0 Å². The van der Waals surface area contributed by atoms with Gasteiger partial charge in [-0.15, -0.1) is 0 Å². The fourth-order valence-corrected chi connectivity index (χ4v) is 3.18. The molecule has 0 fully saturated rings. The summed E-state index contributed by atoms with van der Waals surface area (Å²) in [6.45, 7) is 0. The number of aromatic nitrogens is 2. The summed E-state index contributed by atoms with van der Waals surface area (Å²) >= 11 is 15.1. The van der Waals surface area contributed by atoms with Crippen LogP contribution in [0.1, 0.15) is 0 Å². The number of halogens is 3. The van der Waals surface area contributed by atoms with Crippen LogP contribution in [-0.4, -0.2) is 18.4 Å². The van der Waals surface area contributed by atoms with Crippen LogP contribution >= 0.6 is 39.1 Å². The van der Waals surface area contributed by atoms with E-state index in [1.165, 1.54) is 6.07 Å². The Morgan fingerprint density at radius 3 is 2.33 bits per heavy atom. The number of nitrogens with two attached hydrogens (primary N) is 1. The lowest BCUT2D eigenvalue weighted by Crippen LogP contribution is -2.15. The summed E-state index contributed by atoms with van der Waals surface area (Å²) in [4.78, 5) is 7.31. The van der Waals surface area contributed by atoms with Crippen LogP contribution in [0.5, 0.6) is 0 Å². The van der Waals surface area contributed by atoms with Gasteiger partial charge in [-0.25, -0.2) is 24.2 Å². The van der Waals surface area contributed by atoms with E-state index in [1.807, 2.05) is 0 Å². The molecule has 0 bridgehead atoms. The Bertz CT molecular complexity index is 770. The zero-order valence-corrected chi connectivity index (χ0v) is 14.1. The maximum absolute atomic E-state index is 12.2. The minimum atomic E-state index is -3.89. The van der Waals surface area contributed by atoms with E-state index < -0.39 is 10.0 Å². The standard InChI is InChI=1S/C10H8BrCl2N5O2S/c11-6-1-2-7(9(13)8(6)12)18-21(19,20)5-3-15-10(17-14)16-4-5/h1-4,18H,14H2,(H,15,16,17). The molecule has 2 aromatic rings. The Morgan fingerprint density at radius 1 is 1.14 bits per heavy atom. The Labute approximate surface area is 139 Å². The third kappa shape index (κ3) is 3.55. The summed E-state index contributed by atoms with van der Waals surface area (Å²) in [5, 5.41) is 0.284. The summed E-state index contributed by atoms with van der Waals surface area (Å²) in [6, 6.07) is 3.05. The second kappa shape index (κ2) is 6.32. The first kappa shape index (κ1) is 16.2. The quantitative estimate of drug-likeness (QED) is 0.404. The Hall–Kier alpha value is -1.13. The highest BCUT2D eigenvalue weighted by atomic mass is 79.9. The number of hydrogen-bond donors (Lipinski definition) is 3. The van der Waals surface area contributed by atoms with Crippen molar-refractivity contribution in [2.24, 2.45) is 5.84 Å². The molecule has 4 N–H and O–H groups in total. The second-order valence-electron chi connectivity index (χ2n) is 3.72. The van der Waals surface area contributed by atoms with Crippen LogP contribution in [-0.2, 0) is 10.0 Å². The topological polar surface area (TPSA) is 110 Å². The molecule has 0 atom stereocenters. The molecule has 0 radical (unpaired) electrons. The van der Waals surface area contributed by atoms with Crippen molar-refractivity contribution in [1.29, 1.82) is 0 Å². The highest BCUT2D eigenvalue weighted by Crippen LogP contribution is 2.36. The first-order valence-electron chi connectivity index (χ1n) is 5.30. The molecule has 0 spiro atoms. The van der Waals surface area contributed by atoms with Crippen molar-refractivity contribution >= 4 is 60.8 Å². The maximum Gasteiger partial charge on any atom is 0.265 e. The molecule has 1 aromatic heterocycles. The number of hydrazine groups is 1. The molecule has 11 heteroatoms. The van der Waals surface area contributed by atoms with Gasteiger partial charge >= 0.3 is 0 Å². The van der Waals surface area contributed by atoms with Gasteiger partial charge in [0.05, 0.1) is 28.1 Å². The fourth-order valence-electron chi connectivity index (χ4n) is 1.34. The molecule has 112 valence electrons. The molecular weight excluding hydrogens is 405 g/mol. The number of nitrogens with zero attached hydrogens (tertiary/aromatic N) is 2. The molecule has 7 nitrogen and oxygen atoms in total. The maximum atomic E-state index is 12.2. The number of hydrogen-bond acceptors (Lipinski definition) is 6. The number of nitrogens with one attached hydrogen (secondary N) is 2. The molecule has 2 rings (SSSR count). The van der Waals surface area contributed by atoms with Crippen molar-refractivity contribution in [2.75, 3.05) is 10.1 Å². The van der Waals surface area contributed by atoms with Gasteiger partial charge in [-0.05, 0) is 28.1 Å². The first-order chi connectivity index (χ1) is 9.85. The molecule has 0 saturated carbocycles. The van der Waals surface area contributed by atoms with Crippen LogP contribution in [0, 0.1) is 0 Å². The molecule has 0 amide bonds. The number of benzene rings is 1. The Balaban J connectivity index is 2.35. The number of sulfonamides is 1. The molecule has 21 heavy (non-hydrogen) atoms. The Morgan fingerprint density at radius 2 is 1.76 bits per heavy atom. The summed E-state index contributed by atoms with van der Waals surface area (Å²) in [7, 11) is -3.89. The van der Waals surface area contributed by atoms with Crippen LogP contribution in [0.4, 0.5) is 11.6 Å². The van der Waals surface area contributed by atoms with Gasteiger partial charge in [0.2, 0.25) is 5.95 Å². The average Bonchev–Trinajstić information content (AvgIpc) is 2.48. The summed E-state index contributed by atoms with van der Waals surface area (Å²) in [5.74, 6) is 5.20. The molecule has 0 aliphatic rings. The molecule has 0 aliphatic heterocycles. The SMILES string of the molecule is NNc1ncc(S(=O)(=O)Nc2ccc(Br)c(Cl)c2Cl)cn1. The highest BCUT2D eigenvalue weighted by molar-refractivity contribution is 9.10. The molecular formula is C10H8BrCl2N5O2S. The average molecular weight is 413 g/mol. The zero-order valence-electron chi connectivity index (χ0n) is 10.1. The number of anilines is 2. The predicted molar refractivity (Wildman–Crippen MR) is 84.8 cm³/mol. The van der Waals surface area contributed by atoms with E-state index in [2.05, 4.69) is 36.0 Å².